The number of hydrogen-bond acceptors (Lipinski definition) is 2. The summed E-state index contributed by atoms with van der Waals surface area (Å²) in [4.78, 5) is 0.827. The van der Waals surface area contributed by atoms with Crippen LogP contribution in [-0.4, -0.2) is 5.84 Å². The summed E-state index contributed by atoms with van der Waals surface area (Å²) >= 11 is 1.58. The van der Waals surface area contributed by atoms with Crippen LogP contribution < -0.4 is 5.73 Å². The smallest absolute Gasteiger partial charge is 0.133 e. The van der Waals surface area contributed by atoms with E-state index in [0.717, 1.165) is 10.3 Å². The first kappa shape index (κ1) is 11.0. The van der Waals surface area contributed by atoms with Gasteiger partial charge in [-0.25, -0.2) is 0 Å². The van der Waals surface area contributed by atoms with E-state index in [9.17, 15) is 0 Å². The molecule has 3 heteroatoms. The molecule has 1 heterocycles. The fourth-order valence-electron chi connectivity index (χ4n) is 2.04. The van der Waals surface area contributed by atoms with Crippen LogP contribution in [-0.2, 0) is 0 Å². The Kier molecular flexibility index (Phi) is 2.61. The summed E-state index contributed by atoms with van der Waals surface area (Å²) in [5.74, 6) is 0.134. The highest BCUT2D eigenvalue weighted by atomic mass is 32.1. The van der Waals surface area contributed by atoms with Gasteiger partial charge in [0.1, 0.15) is 5.84 Å². The Labute approximate surface area is 109 Å². The quantitative estimate of drug-likeness (QED) is 0.528. The van der Waals surface area contributed by atoms with Crippen molar-refractivity contribution in [1.82, 2.24) is 0 Å². The second-order valence-corrected chi connectivity index (χ2v) is 5.17. The fraction of sp³-hybridized carbons (Fsp3) is 0. The summed E-state index contributed by atoms with van der Waals surface area (Å²) in [5, 5.41) is 8.68. The van der Waals surface area contributed by atoms with Crippen LogP contribution in [0.15, 0.2) is 54.6 Å². The Hall–Kier alpha value is -2.13. The molecule has 3 N–H and O–H groups in total. The van der Waals surface area contributed by atoms with Crippen molar-refractivity contribution in [3.8, 4) is 11.1 Å². The highest BCUT2D eigenvalue weighted by molar-refractivity contribution is 7.21. The second kappa shape index (κ2) is 4.27. The van der Waals surface area contributed by atoms with Gasteiger partial charge in [-0.05, 0) is 22.6 Å². The maximum absolute atomic E-state index is 7.53. The molecule has 3 aromatic rings. The van der Waals surface area contributed by atoms with E-state index in [-0.39, 0.29) is 5.84 Å². The summed E-state index contributed by atoms with van der Waals surface area (Å²) in [7, 11) is 0. The summed E-state index contributed by atoms with van der Waals surface area (Å²) < 4.78 is 1.19. The highest BCUT2D eigenvalue weighted by Crippen LogP contribution is 2.34. The summed E-state index contributed by atoms with van der Waals surface area (Å²) in [6.07, 6.45) is 0. The Bertz CT molecular complexity index is 714. The van der Waals surface area contributed by atoms with E-state index in [1.807, 2.05) is 30.3 Å². The van der Waals surface area contributed by atoms with Gasteiger partial charge in [-0.15, -0.1) is 11.3 Å². The van der Waals surface area contributed by atoms with Crippen molar-refractivity contribution in [3.05, 3.63) is 59.5 Å². The molecule has 0 radical (unpaired) electrons. The van der Waals surface area contributed by atoms with Crippen LogP contribution in [0, 0.1) is 5.41 Å². The number of rotatable bonds is 2. The zero-order valence-electron chi connectivity index (χ0n) is 9.68. The molecule has 0 atom stereocenters. The van der Waals surface area contributed by atoms with Gasteiger partial charge in [-0.1, -0.05) is 48.5 Å². The first-order valence-electron chi connectivity index (χ1n) is 5.68. The number of amidine groups is 1. The largest absolute Gasteiger partial charge is 0.383 e. The van der Waals surface area contributed by atoms with Crippen LogP contribution in [0.1, 0.15) is 4.88 Å². The van der Waals surface area contributed by atoms with Crippen molar-refractivity contribution in [2.24, 2.45) is 5.73 Å². The van der Waals surface area contributed by atoms with Gasteiger partial charge in [0, 0.05) is 4.70 Å². The third-order valence-electron chi connectivity index (χ3n) is 2.89. The molecule has 0 spiro atoms. The molecule has 0 aliphatic carbocycles. The summed E-state index contributed by atoms with van der Waals surface area (Å²) in [6, 6.07) is 18.5. The molecule has 88 valence electrons. The average Bonchev–Trinajstić information content (AvgIpc) is 2.83. The molecule has 3 rings (SSSR count). The Morgan fingerprint density at radius 1 is 1.00 bits per heavy atom. The Balaban J connectivity index is 2.27. The molecule has 18 heavy (non-hydrogen) atoms. The maximum atomic E-state index is 7.53. The first-order valence-corrected chi connectivity index (χ1v) is 6.50. The van der Waals surface area contributed by atoms with Gasteiger partial charge in [0.15, 0.2) is 0 Å². The van der Waals surface area contributed by atoms with Gasteiger partial charge in [-0.3, -0.25) is 5.41 Å². The number of nitrogens with two attached hydrogens (primary N) is 1. The Morgan fingerprint density at radius 2 is 1.78 bits per heavy atom. The molecule has 0 amide bonds. The topological polar surface area (TPSA) is 49.9 Å². The van der Waals surface area contributed by atoms with Gasteiger partial charge in [0.25, 0.3) is 0 Å². The molecule has 2 aromatic carbocycles. The average molecular weight is 252 g/mol. The van der Waals surface area contributed by atoms with Crippen LogP contribution in [0.4, 0.5) is 0 Å². The molecular formula is C15H12N2S. The van der Waals surface area contributed by atoms with Crippen molar-refractivity contribution < 1.29 is 0 Å². The van der Waals surface area contributed by atoms with Gasteiger partial charge >= 0.3 is 0 Å². The Morgan fingerprint density at radius 3 is 2.50 bits per heavy atom. The maximum Gasteiger partial charge on any atom is 0.133 e. The van der Waals surface area contributed by atoms with Crippen molar-refractivity contribution in [2.75, 3.05) is 0 Å². The normalized spacial score (nSPS) is 10.7. The molecular weight excluding hydrogens is 240 g/mol. The van der Waals surface area contributed by atoms with Crippen molar-refractivity contribution in [3.63, 3.8) is 0 Å². The van der Waals surface area contributed by atoms with Crippen molar-refractivity contribution in [1.29, 1.82) is 5.41 Å². The predicted octanol–water partition coefficient (Wildman–Crippen LogP) is 3.85. The van der Waals surface area contributed by atoms with E-state index in [1.165, 1.54) is 15.8 Å². The van der Waals surface area contributed by atoms with Crippen LogP contribution in [0.5, 0.6) is 0 Å². The molecule has 0 fully saturated rings. The van der Waals surface area contributed by atoms with Gasteiger partial charge in [0.05, 0.1) is 4.88 Å². The number of nitrogen functional groups attached to an aromatic ring is 1. The van der Waals surface area contributed by atoms with Gasteiger partial charge in [0.2, 0.25) is 0 Å². The minimum Gasteiger partial charge on any atom is -0.383 e. The third kappa shape index (κ3) is 1.79. The van der Waals surface area contributed by atoms with E-state index >= 15 is 0 Å². The van der Waals surface area contributed by atoms with Gasteiger partial charge in [-0.2, -0.15) is 0 Å². The molecule has 0 saturated heterocycles. The zero-order valence-corrected chi connectivity index (χ0v) is 10.5. The lowest BCUT2D eigenvalue weighted by atomic mass is 10.0. The SMILES string of the molecule is N=C(N)c1cc2cccc(-c3ccccc3)c2s1. The van der Waals surface area contributed by atoms with Crippen molar-refractivity contribution in [2.45, 2.75) is 0 Å². The molecule has 0 aliphatic heterocycles. The predicted molar refractivity (Wildman–Crippen MR) is 78.3 cm³/mol. The number of benzene rings is 2. The molecule has 0 unspecified atom stereocenters. The lowest BCUT2D eigenvalue weighted by Crippen LogP contribution is -2.08. The number of fused-ring (bicyclic) bond motifs is 1. The third-order valence-corrected chi connectivity index (χ3v) is 4.11. The monoisotopic (exact) mass is 252 g/mol. The molecule has 2 nitrogen and oxygen atoms in total. The zero-order chi connectivity index (χ0) is 12.5. The lowest BCUT2D eigenvalue weighted by Gasteiger charge is -2.02. The molecule has 0 aliphatic rings. The standard InChI is InChI=1S/C15H12N2S/c16-15(17)13-9-11-7-4-8-12(14(11)18-13)10-5-2-1-3-6-10/h1-9H,(H3,16,17). The van der Waals surface area contributed by atoms with Crippen LogP contribution in [0.25, 0.3) is 21.2 Å². The minimum absolute atomic E-state index is 0.134. The van der Waals surface area contributed by atoms with E-state index in [4.69, 9.17) is 11.1 Å². The molecule has 0 bridgehead atoms. The first-order chi connectivity index (χ1) is 8.75. The summed E-state index contributed by atoms with van der Waals surface area (Å²) in [5.41, 5.74) is 7.95. The highest BCUT2D eigenvalue weighted by Gasteiger charge is 2.08. The van der Waals surface area contributed by atoms with Gasteiger partial charge < -0.3 is 5.73 Å². The lowest BCUT2D eigenvalue weighted by molar-refractivity contribution is 1.46. The fourth-order valence-corrected chi connectivity index (χ4v) is 3.10. The van der Waals surface area contributed by atoms with Crippen LogP contribution >= 0.6 is 11.3 Å². The molecule has 1 aromatic heterocycles. The van der Waals surface area contributed by atoms with E-state index in [1.54, 1.807) is 11.3 Å². The number of thiophene rings is 1. The number of nitrogens with one attached hydrogen (secondary N) is 1. The number of hydrogen-bond donors (Lipinski definition) is 2. The second-order valence-electron chi connectivity index (χ2n) is 4.11. The van der Waals surface area contributed by atoms with E-state index in [0.29, 0.717) is 0 Å². The van der Waals surface area contributed by atoms with Crippen molar-refractivity contribution >= 4 is 27.3 Å². The minimum atomic E-state index is 0.134. The van der Waals surface area contributed by atoms with E-state index < -0.39 is 0 Å². The summed E-state index contributed by atoms with van der Waals surface area (Å²) in [6.45, 7) is 0. The molecule has 0 saturated carbocycles. The van der Waals surface area contributed by atoms with Crippen LogP contribution in [0.2, 0.25) is 0 Å². The van der Waals surface area contributed by atoms with E-state index in [2.05, 4.69) is 24.3 Å². The van der Waals surface area contributed by atoms with Crippen LogP contribution in [0.3, 0.4) is 0 Å².